The van der Waals surface area contributed by atoms with E-state index in [4.69, 9.17) is 0 Å². The van der Waals surface area contributed by atoms with E-state index in [1.807, 2.05) is 24.3 Å². The highest BCUT2D eigenvalue weighted by molar-refractivity contribution is 5.60. The first kappa shape index (κ1) is 19.0. The lowest BCUT2D eigenvalue weighted by atomic mass is 10.0. The van der Waals surface area contributed by atoms with Crippen molar-refractivity contribution in [2.75, 3.05) is 0 Å². The molecule has 0 aliphatic heterocycles. The second kappa shape index (κ2) is 6.50. The van der Waals surface area contributed by atoms with E-state index in [2.05, 4.69) is 24.3 Å². The number of hydrogen-bond acceptors (Lipinski definition) is 4. The van der Waals surface area contributed by atoms with Crippen LogP contribution in [0.25, 0.3) is 0 Å². The zero-order valence-electron chi connectivity index (χ0n) is 18.1. The first-order chi connectivity index (χ1) is 16.0. The molecule has 33 heavy (non-hydrogen) atoms. The van der Waals surface area contributed by atoms with Crippen LogP contribution in [0, 0.1) is 0 Å². The molecule has 6 heteroatoms. The molecule has 0 amide bonds. The highest BCUT2D eigenvalue weighted by Crippen LogP contribution is 2.57. The van der Waals surface area contributed by atoms with Crippen molar-refractivity contribution in [2.45, 2.75) is 56.0 Å². The fourth-order valence-corrected chi connectivity index (χ4v) is 6.58. The number of hydrogen-bond donors (Lipinski definition) is 4. The van der Waals surface area contributed by atoms with Crippen molar-refractivity contribution >= 4 is 0 Å². The van der Waals surface area contributed by atoms with E-state index in [9.17, 15) is 20.4 Å². The predicted molar refractivity (Wildman–Crippen MR) is 123 cm³/mol. The van der Waals surface area contributed by atoms with Gasteiger partial charge in [0, 0.05) is 52.5 Å². The maximum Gasteiger partial charge on any atom is 0.198 e. The van der Waals surface area contributed by atoms with Crippen molar-refractivity contribution in [1.29, 1.82) is 0 Å². The number of fused-ring (bicyclic) bond motifs is 10. The molecule has 0 fully saturated rings. The summed E-state index contributed by atoms with van der Waals surface area (Å²) in [4.78, 5) is 0. The standard InChI is InChI=1S/C27H26N2O4/c30-24-20-16-5-6-17(11-16)21(20)25(31)28(24)10-9-14-1-3-15(4-2-14)13-29-26(32)22-18-7-8-19(12-18)23(22)27(29)33/h1-8,16-19,30-33H,9-13H2. The van der Waals surface area contributed by atoms with E-state index in [-0.39, 0.29) is 47.2 Å². The third-order valence-electron chi connectivity index (χ3n) is 8.20. The number of aromatic hydroxyl groups is 4. The van der Waals surface area contributed by atoms with Gasteiger partial charge in [0.05, 0.1) is 6.54 Å². The molecule has 6 nitrogen and oxygen atoms in total. The van der Waals surface area contributed by atoms with E-state index in [0.29, 0.717) is 19.5 Å². The van der Waals surface area contributed by atoms with Crippen molar-refractivity contribution in [3.63, 3.8) is 0 Å². The van der Waals surface area contributed by atoms with Gasteiger partial charge in [0.1, 0.15) is 0 Å². The van der Waals surface area contributed by atoms with Gasteiger partial charge in [-0.1, -0.05) is 48.6 Å². The topological polar surface area (TPSA) is 90.8 Å². The first-order valence-electron chi connectivity index (χ1n) is 11.7. The van der Waals surface area contributed by atoms with Crippen molar-refractivity contribution in [3.05, 3.63) is 82.0 Å². The molecule has 4 aliphatic carbocycles. The molecule has 4 N–H and O–H groups in total. The Morgan fingerprint density at radius 1 is 0.576 bits per heavy atom. The van der Waals surface area contributed by atoms with E-state index in [1.165, 1.54) is 0 Å². The van der Waals surface area contributed by atoms with Gasteiger partial charge in [-0.2, -0.15) is 0 Å². The molecule has 2 aromatic heterocycles. The van der Waals surface area contributed by atoms with Gasteiger partial charge >= 0.3 is 0 Å². The minimum Gasteiger partial charge on any atom is -0.494 e. The molecule has 1 aromatic carbocycles. The van der Waals surface area contributed by atoms with Gasteiger partial charge in [-0.3, -0.25) is 9.13 Å². The molecular formula is C27H26N2O4. The average molecular weight is 443 g/mol. The Morgan fingerprint density at radius 3 is 1.42 bits per heavy atom. The number of benzene rings is 1. The summed E-state index contributed by atoms with van der Waals surface area (Å²) in [5.41, 5.74) is 5.66. The first-order valence-corrected chi connectivity index (χ1v) is 11.7. The maximum absolute atomic E-state index is 10.7. The zero-order valence-corrected chi connectivity index (χ0v) is 18.1. The van der Waals surface area contributed by atoms with Crippen molar-refractivity contribution < 1.29 is 20.4 Å². The van der Waals surface area contributed by atoms with Gasteiger partial charge in [0.2, 0.25) is 0 Å². The smallest absolute Gasteiger partial charge is 0.198 e. The molecule has 7 rings (SSSR count). The molecule has 0 saturated heterocycles. The molecule has 2 heterocycles. The minimum atomic E-state index is 0.179. The van der Waals surface area contributed by atoms with Crippen molar-refractivity contribution in [3.8, 4) is 23.5 Å². The van der Waals surface area contributed by atoms with Crippen LogP contribution in [0.3, 0.4) is 0 Å². The fraction of sp³-hybridized carbons (Fsp3) is 0.333. The molecule has 4 unspecified atom stereocenters. The minimum absolute atomic E-state index is 0.179. The Labute approximate surface area is 191 Å². The van der Waals surface area contributed by atoms with Gasteiger partial charge in [-0.25, -0.2) is 0 Å². The maximum atomic E-state index is 10.7. The van der Waals surface area contributed by atoms with Crippen LogP contribution in [-0.2, 0) is 19.5 Å². The van der Waals surface area contributed by atoms with Gasteiger partial charge in [0.25, 0.3) is 0 Å². The van der Waals surface area contributed by atoms with E-state index in [1.54, 1.807) is 9.13 Å². The lowest BCUT2D eigenvalue weighted by Gasteiger charge is -2.12. The number of nitrogens with zero attached hydrogens (tertiary/aromatic N) is 2. The summed E-state index contributed by atoms with van der Waals surface area (Å²) in [5.74, 6) is 1.64. The Balaban J connectivity index is 1.08. The molecular weight excluding hydrogens is 416 g/mol. The summed E-state index contributed by atoms with van der Waals surface area (Å²) in [6, 6.07) is 8.07. The van der Waals surface area contributed by atoms with Crippen LogP contribution in [0.1, 0.15) is 69.9 Å². The second-order valence-electron chi connectivity index (χ2n) is 9.92. The van der Waals surface area contributed by atoms with Crippen LogP contribution in [0.5, 0.6) is 23.5 Å². The van der Waals surface area contributed by atoms with Crippen molar-refractivity contribution in [2.24, 2.45) is 0 Å². The lowest BCUT2D eigenvalue weighted by Crippen LogP contribution is -2.03. The van der Waals surface area contributed by atoms with Gasteiger partial charge < -0.3 is 20.4 Å². The zero-order chi connectivity index (χ0) is 22.4. The normalized spacial score (nSPS) is 25.3. The number of rotatable bonds is 5. The van der Waals surface area contributed by atoms with Crippen LogP contribution in [0.15, 0.2) is 48.6 Å². The molecule has 4 atom stereocenters. The molecule has 0 radical (unpaired) electrons. The Bertz CT molecular complexity index is 1290. The van der Waals surface area contributed by atoms with Crippen molar-refractivity contribution in [1.82, 2.24) is 9.13 Å². The van der Waals surface area contributed by atoms with E-state index < -0.39 is 0 Å². The monoisotopic (exact) mass is 442 g/mol. The molecule has 168 valence electrons. The third kappa shape index (κ3) is 2.49. The van der Waals surface area contributed by atoms with Crippen LogP contribution < -0.4 is 0 Å². The summed E-state index contributed by atoms with van der Waals surface area (Å²) >= 11 is 0. The SMILES string of the molecule is Oc1c2c(c(O)n1CCc1ccc(Cn3c(O)c4c(c3O)C3C=CC4C3)cc1)C1C=CC2C1. The average Bonchev–Trinajstić information content (AvgIpc) is 3.65. The molecule has 4 bridgehead atoms. The molecule has 0 saturated carbocycles. The lowest BCUT2D eigenvalue weighted by molar-refractivity contribution is 0.362. The Morgan fingerprint density at radius 2 is 0.970 bits per heavy atom. The van der Waals surface area contributed by atoms with E-state index >= 15 is 0 Å². The quantitative estimate of drug-likeness (QED) is 0.432. The highest BCUT2D eigenvalue weighted by Gasteiger charge is 2.42. The summed E-state index contributed by atoms with van der Waals surface area (Å²) in [6.07, 6.45) is 11.1. The van der Waals surface area contributed by atoms with Gasteiger partial charge in [-0.15, -0.1) is 0 Å². The highest BCUT2D eigenvalue weighted by atomic mass is 16.3. The summed E-state index contributed by atoms with van der Waals surface area (Å²) in [5, 5.41) is 42.9. The largest absolute Gasteiger partial charge is 0.494 e. The van der Waals surface area contributed by atoms with E-state index in [0.717, 1.165) is 46.2 Å². The van der Waals surface area contributed by atoms with Crippen LogP contribution in [-0.4, -0.2) is 29.6 Å². The molecule has 3 aromatic rings. The van der Waals surface area contributed by atoms with Gasteiger partial charge in [0.15, 0.2) is 23.5 Å². The van der Waals surface area contributed by atoms with Crippen LogP contribution in [0.2, 0.25) is 0 Å². The number of aromatic nitrogens is 2. The predicted octanol–water partition coefficient (Wildman–Crippen LogP) is 4.68. The van der Waals surface area contributed by atoms with Crippen LogP contribution in [0.4, 0.5) is 0 Å². The second-order valence-corrected chi connectivity index (χ2v) is 9.92. The van der Waals surface area contributed by atoms with Gasteiger partial charge in [-0.05, 0) is 30.4 Å². The third-order valence-corrected chi connectivity index (χ3v) is 8.20. The Hall–Kier alpha value is -3.54. The Kier molecular flexibility index (Phi) is 3.74. The molecule has 4 aliphatic rings. The summed E-state index contributed by atoms with van der Waals surface area (Å²) in [7, 11) is 0. The summed E-state index contributed by atoms with van der Waals surface area (Å²) in [6.45, 7) is 0.914. The van der Waals surface area contributed by atoms with Crippen LogP contribution >= 0.6 is 0 Å². The molecule has 0 spiro atoms. The fourth-order valence-electron chi connectivity index (χ4n) is 6.58. The summed E-state index contributed by atoms with van der Waals surface area (Å²) < 4.78 is 3.23. The number of aryl methyl sites for hydroxylation is 1. The number of allylic oxidation sites excluding steroid dienone is 4.